The van der Waals surface area contributed by atoms with Gasteiger partial charge in [-0.1, -0.05) is 11.6 Å². The first-order valence-electron chi connectivity index (χ1n) is 5.69. The quantitative estimate of drug-likeness (QED) is 0.794. The maximum Gasteiger partial charge on any atom is 0.173 e. The summed E-state index contributed by atoms with van der Waals surface area (Å²) in [6.07, 6.45) is -2.19. The molecule has 0 aliphatic carbocycles. The summed E-state index contributed by atoms with van der Waals surface area (Å²) in [5.41, 5.74) is 0.415. The number of rotatable bonds is 2. The predicted octanol–water partition coefficient (Wildman–Crippen LogP) is 0.673. The molecule has 0 aromatic carbocycles. The van der Waals surface area contributed by atoms with Crippen LogP contribution < -0.4 is 0 Å². The molecular weight excluding hydrogens is 277 g/mol. The minimum absolute atomic E-state index is 0.261. The summed E-state index contributed by atoms with van der Waals surface area (Å²) in [5, 5.41) is 19.5. The van der Waals surface area contributed by atoms with Crippen molar-refractivity contribution in [3.8, 4) is 0 Å². The van der Waals surface area contributed by atoms with E-state index in [1.54, 1.807) is 12.3 Å². The maximum absolute atomic E-state index is 14.0. The molecule has 0 amide bonds. The van der Waals surface area contributed by atoms with Crippen LogP contribution in [0.1, 0.15) is 6.23 Å². The summed E-state index contributed by atoms with van der Waals surface area (Å²) in [6.45, 7) is -0.451. The standard InChI is InChI=1S/C11H11ClFN3O3/c12-9-5-1-2-16(10(5)15-4-14-9)11-7(13)8(18)6(3-17)19-11/h1-2,4,6-8,11,17-18H,3H2/t6-,7+,8?,11-/m1/s1. The van der Waals surface area contributed by atoms with Gasteiger partial charge in [0.25, 0.3) is 0 Å². The van der Waals surface area contributed by atoms with Crippen LogP contribution in [0, 0.1) is 0 Å². The van der Waals surface area contributed by atoms with Crippen molar-refractivity contribution >= 4 is 22.6 Å². The monoisotopic (exact) mass is 287 g/mol. The lowest BCUT2D eigenvalue weighted by Crippen LogP contribution is -2.30. The average molecular weight is 288 g/mol. The van der Waals surface area contributed by atoms with Gasteiger partial charge in [-0.3, -0.25) is 0 Å². The molecule has 1 aliphatic heterocycles. The highest BCUT2D eigenvalue weighted by atomic mass is 35.5. The zero-order valence-corrected chi connectivity index (χ0v) is 10.4. The molecule has 2 aromatic heterocycles. The van der Waals surface area contributed by atoms with Crippen molar-refractivity contribution in [3.05, 3.63) is 23.7 Å². The van der Waals surface area contributed by atoms with Crippen molar-refractivity contribution in [2.75, 3.05) is 6.61 Å². The van der Waals surface area contributed by atoms with E-state index in [-0.39, 0.29) is 5.15 Å². The van der Waals surface area contributed by atoms with Gasteiger partial charge in [-0.05, 0) is 6.07 Å². The Morgan fingerprint density at radius 1 is 1.47 bits per heavy atom. The topological polar surface area (TPSA) is 80.4 Å². The molecule has 0 spiro atoms. The second-order valence-corrected chi connectivity index (χ2v) is 4.67. The Kier molecular flexibility index (Phi) is 3.14. The molecular formula is C11H11ClFN3O3. The lowest BCUT2D eigenvalue weighted by molar-refractivity contribution is -0.0457. The Morgan fingerprint density at radius 2 is 2.26 bits per heavy atom. The van der Waals surface area contributed by atoms with Crippen LogP contribution in [0.5, 0.6) is 0 Å². The molecule has 1 saturated heterocycles. The van der Waals surface area contributed by atoms with Crippen molar-refractivity contribution in [1.82, 2.24) is 14.5 Å². The van der Waals surface area contributed by atoms with E-state index in [1.807, 2.05) is 0 Å². The maximum atomic E-state index is 14.0. The SMILES string of the molecule is OC[C@H]1O[C@@H](n2ccc3c(Cl)ncnc32)[C@@H](F)C1O. The van der Waals surface area contributed by atoms with E-state index in [4.69, 9.17) is 21.4 Å². The summed E-state index contributed by atoms with van der Waals surface area (Å²) in [6, 6.07) is 1.65. The smallest absolute Gasteiger partial charge is 0.173 e. The molecule has 3 heterocycles. The number of ether oxygens (including phenoxy) is 1. The summed E-state index contributed by atoms with van der Waals surface area (Å²) >= 11 is 5.91. The Morgan fingerprint density at radius 3 is 2.95 bits per heavy atom. The summed E-state index contributed by atoms with van der Waals surface area (Å²) in [5.74, 6) is 0. The molecule has 102 valence electrons. The molecule has 0 bridgehead atoms. The molecule has 19 heavy (non-hydrogen) atoms. The fourth-order valence-electron chi connectivity index (χ4n) is 2.22. The minimum atomic E-state index is -1.65. The summed E-state index contributed by atoms with van der Waals surface area (Å²) in [7, 11) is 0. The normalized spacial score (nSPS) is 31.2. The zero-order chi connectivity index (χ0) is 13.6. The third-order valence-electron chi connectivity index (χ3n) is 3.21. The van der Waals surface area contributed by atoms with Gasteiger partial charge < -0.3 is 19.5 Å². The van der Waals surface area contributed by atoms with Crippen LogP contribution >= 0.6 is 11.6 Å². The van der Waals surface area contributed by atoms with Crippen LogP contribution in [0.2, 0.25) is 5.15 Å². The summed E-state index contributed by atoms with van der Waals surface area (Å²) < 4.78 is 20.8. The van der Waals surface area contributed by atoms with E-state index in [9.17, 15) is 9.50 Å². The fraction of sp³-hybridized carbons (Fsp3) is 0.455. The second kappa shape index (κ2) is 4.68. The van der Waals surface area contributed by atoms with E-state index in [1.165, 1.54) is 10.9 Å². The molecule has 3 rings (SSSR count). The van der Waals surface area contributed by atoms with Gasteiger partial charge in [0.2, 0.25) is 0 Å². The van der Waals surface area contributed by atoms with Crippen LogP contribution in [-0.2, 0) is 4.74 Å². The van der Waals surface area contributed by atoms with Gasteiger partial charge >= 0.3 is 0 Å². The van der Waals surface area contributed by atoms with E-state index < -0.39 is 31.2 Å². The van der Waals surface area contributed by atoms with Crippen molar-refractivity contribution in [2.45, 2.75) is 24.6 Å². The van der Waals surface area contributed by atoms with Crippen LogP contribution in [-0.4, -0.2) is 49.7 Å². The van der Waals surface area contributed by atoms with E-state index in [0.717, 1.165) is 0 Å². The Hall–Kier alpha value is -1.28. The molecule has 6 nitrogen and oxygen atoms in total. The Labute approximate surface area is 112 Å². The van der Waals surface area contributed by atoms with Gasteiger partial charge in [0.15, 0.2) is 12.4 Å². The average Bonchev–Trinajstić information content (AvgIpc) is 2.94. The number of alkyl halides is 1. The van der Waals surface area contributed by atoms with Gasteiger partial charge in [0.1, 0.15) is 29.3 Å². The van der Waals surface area contributed by atoms with E-state index in [2.05, 4.69) is 9.97 Å². The first kappa shape index (κ1) is 12.7. The zero-order valence-electron chi connectivity index (χ0n) is 9.65. The molecule has 1 fully saturated rings. The van der Waals surface area contributed by atoms with Crippen molar-refractivity contribution in [1.29, 1.82) is 0 Å². The number of fused-ring (bicyclic) bond motifs is 1. The molecule has 1 unspecified atom stereocenters. The highest BCUT2D eigenvalue weighted by Crippen LogP contribution is 2.34. The summed E-state index contributed by atoms with van der Waals surface area (Å²) in [4.78, 5) is 7.86. The Bertz CT molecular complexity index is 608. The first-order valence-corrected chi connectivity index (χ1v) is 6.06. The van der Waals surface area contributed by atoms with Crippen molar-refractivity contribution in [3.63, 3.8) is 0 Å². The molecule has 0 saturated carbocycles. The molecule has 1 aliphatic rings. The fourth-order valence-corrected chi connectivity index (χ4v) is 2.41. The van der Waals surface area contributed by atoms with Gasteiger partial charge in [-0.2, -0.15) is 0 Å². The van der Waals surface area contributed by atoms with Crippen LogP contribution in [0.25, 0.3) is 11.0 Å². The molecule has 8 heteroatoms. The largest absolute Gasteiger partial charge is 0.394 e. The van der Waals surface area contributed by atoms with Gasteiger partial charge in [0, 0.05) is 6.20 Å². The number of aromatic nitrogens is 3. The Balaban J connectivity index is 2.04. The van der Waals surface area contributed by atoms with Crippen molar-refractivity contribution < 1.29 is 19.3 Å². The van der Waals surface area contributed by atoms with Crippen LogP contribution in [0.3, 0.4) is 0 Å². The van der Waals surface area contributed by atoms with E-state index in [0.29, 0.717) is 11.0 Å². The minimum Gasteiger partial charge on any atom is -0.394 e. The molecule has 2 aromatic rings. The number of aliphatic hydroxyl groups is 2. The van der Waals surface area contributed by atoms with Gasteiger partial charge in [-0.25, -0.2) is 14.4 Å². The first-order chi connectivity index (χ1) is 9.13. The number of aliphatic hydroxyl groups excluding tert-OH is 2. The third kappa shape index (κ3) is 1.90. The molecule has 0 radical (unpaired) electrons. The predicted molar refractivity (Wildman–Crippen MR) is 64.4 cm³/mol. The van der Waals surface area contributed by atoms with Crippen LogP contribution in [0.4, 0.5) is 4.39 Å². The molecule has 2 N–H and O–H groups in total. The number of halogens is 2. The van der Waals surface area contributed by atoms with Gasteiger partial charge in [0.05, 0.1) is 12.0 Å². The highest BCUT2D eigenvalue weighted by molar-refractivity contribution is 6.33. The second-order valence-electron chi connectivity index (χ2n) is 4.31. The lowest BCUT2D eigenvalue weighted by atomic mass is 10.1. The van der Waals surface area contributed by atoms with E-state index >= 15 is 0 Å². The number of hydrogen-bond donors (Lipinski definition) is 2. The lowest BCUT2D eigenvalue weighted by Gasteiger charge is -2.15. The van der Waals surface area contributed by atoms with Gasteiger partial charge in [-0.15, -0.1) is 0 Å². The number of hydrogen-bond acceptors (Lipinski definition) is 5. The van der Waals surface area contributed by atoms with Crippen molar-refractivity contribution in [2.24, 2.45) is 0 Å². The third-order valence-corrected chi connectivity index (χ3v) is 3.51. The number of nitrogens with zero attached hydrogens (tertiary/aromatic N) is 3. The molecule has 4 atom stereocenters. The highest BCUT2D eigenvalue weighted by Gasteiger charge is 2.45. The van der Waals surface area contributed by atoms with Crippen LogP contribution in [0.15, 0.2) is 18.6 Å².